The Morgan fingerprint density at radius 3 is 2.85 bits per heavy atom. The zero-order valence-corrected chi connectivity index (χ0v) is 11.2. The van der Waals surface area contributed by atoms with Crippen LogP contribution in [0, 0.1) is 0 Å². The summed E-state index contributed by atoms with van der Waals surface area (Å²) in [5, 5.41) is 5.11. The van der Waals surface area contributed by atoms with Gasteiger partial charge in [0.2, 0.25) is 0 Å². The lowest BCUT2D eigenvalue weighted by Gasteiger charge is -2.03. The second kappa shape index (κ2) is 5.35. The van der Waals surface area contributed by atoms with Crippen molar-refractivity contribution in [2.45, 2.75) is 6.54 Å². The molecule has 5 heteroatoms. The van der Waals surface area contributed by atoms with Gasteiger partial charge in [0, 0.05) is 16.8 Å². The van der Waals surface area contributed by atoms with E-state index in [1.807, 2.05) is 24.3 Å². The summed E-state index contributed by atoms with van der Waals surface area (Å²) in [4.78, 5) is 11.1. The van der Waals surface area contributed by atoms with Crippen molar-refractivity contribution >= 4 is 17.9 Å². The SMILES string of the molecule is O=Cc1cn(Cc2ccccc2Cl)nc1-c1ccoc1. The summed E-state index contributed by atoms with van der Waals surface area (Å²) in [7, 11) is 0. The van der Waals surface area contributed by atoms with E-state index in [0.717, 1.165) is 17.4 Å². The van der Waals surface area contributed by atoms with Gasteiger partial charge in [-0.15, -0.1) is 0 Å². The van der Waals surface area contributed by atoms with Crippen LogP contribution in [0.5, 0.6) is 0 Å². The Hall–Kier alpha value is -2.33. The van der Waals surface area contributed by atoms with E-state index >= 15 is 0 Å². The topological polar surface area (TPSA) is 48.0 Å². The Labute approximate surface area is 120 Å². The average molecular weight is 287 g/mol. The lowest BCUT2D eigenvalue weighted by atomic mass is 10.2. The molecule has 0 aliphatic heterocycles. The molecule has 0 saturated carbocycles. The van der Waals surface area contributed by atoms with E-state index in [2.05, 4.69) is 5.10 Å². The maximum Gasteiger partial charge on any atom is 0.153 e. The summed E-state index contributed by atoms with van der Waals surface area (Å²) in [6.45, 7) is 0.512. The molecule has 1 aromatic carbocycles. The average Bonchev–Trinajstić information content (AvgIpc) is 3.09. The maximum absolute atomic E-state index is 11.1. The van der Waals surface area contributed by atoms with Gasteiger partial charge >= 0.3 is 0 Å². The summed E-state index contributed by atoms with van der Waals surface area (Å²) in [5.74, 6) is 0. The molecule has 0 radical (unpaired) electrons. The van der Waals surface area contributed by atoms with E-state index in [9.17, 15) is 4.79 Å². The van der Waals surface area contributed by atoms with Crippen molar-refractivity contribution < 1.29 is 9.21 Å². The van der Waals surface area contributed by atoms with Gasteiger partial charge in [-0.3, -0.25) is 9.48 Å². The fourth-order valence-electron chi connectivity index (χ4n) is 2.03. The van der Waals surface area contributed by atoms with E-state index in [-0.39, 0.29) is 0 Å². The molecule has 0 aliphatic rings. The second-order valence-corrected chi connectivity index (χ2v) is 4.76. The molecule has 0 spiro atoms. The van der Waals surface area contributed by atoms with Gasteiger partial charge in [-0.05, 0) is 17.7 Å². The number of rotatable bonds is 4. The molecule has 0 bridgehead atoms. The van der Waals surface area contributed by atoms with Gasteiger partial charge < -0.3 is 4.42 Å². The van der Waals surface area contributed by atoms with Crippen LogP contribution >= 0.6 is 11.6 Å². The third-order valence-corrected chi connectivity index (χ3v) is 3.37. The van der Waals surface area contributed by atoms with Gasteiger partial charge in [0.25, 0.3) is 0 Å². The number of nitrogens with zero attached hydrogens (tertiary/aromatic N) is 2. The number of aromatic nitrogens is 2. The molecule has 2 heterocycles. The maximum atomic E-state index is 11.1. The Kier molecular flexibility index (Phi) is 3.39. The predicted molar refractivity (Wildman–Crippen MR) is 75.9 cm³/mol. The summed E-state index contributed by atoms with van der Waals surface area (Å²) < 4.78 is 6.73. The van der Waals surface area contributed by atoms with Crippen LogP contribution in [-0.4, -0.2) is 16.1 Å². The number of hydrogen-bond donors (Lipinski definition) is 0. The molecule has 0 N–H and O–H groups in total. The summed E-state index contributed by atoms with van der Waals surface area (Å²) >= 11 is 6.13. The zero-order chi connectivity index (χ0) is 13.9. The smallest absolute Gasteiger partial charge is 0.153 e. The van der Waals surface area contributed by atoms with Gasteiger partial charge in [0.15, 0.2) is 6.29 Å². The summed E-state index contributed by atoms with van der Waals surface area (Å²) in [6, 6.07) is 9.33. The van der Waals surface area contributed by atoms with E-state index in [4.69, 9.17) is 16.0 Å². The number of benzene rings is 1. The minimum Gasteiger partial charge on any atom is -0.472 e. The summed E-state index contributed by atoms with van der Waals surface area (Å²) in [6.07, 6.45) is 5.61. The Balaban J connectivity index is 1.96. The van der Waals surface area contributed by atoms with E-state index < -0.39 is 0 Å². The zero-order valence-electron chi connectivity index (χ0n) is 10.5. The normalized spacial score (nSPS) is 10.7. The standard InChI is InChI=1S/C15H11ClN2O2/c16-14-4-2-1-3-11(14)7-18-8-13(9-19)15(17-18)12-5-6-20-10-12/h1-6,8-10H,7H2. The van der Waals surface area contributed by atoms with Crippen LogP contribution < -0.4 is 0 Å². The van der Waals surface area contributed by atoms with Crippen molar-refractivity contribution in [3.63, 3.8) is 0 Å². The molecule has 3 aromatic rings. The Morgan fingerprint density at radius 2 is 2.15 bits per heavy atom. The van der Waals surface area contributed by atoms with Gasteiger partial charge in [-0.25, -0.2) is 0 Å². The lowest BCUT2D eigenvalue weighted by Crippen LogP contribution is -2.00. The van der Waals surface area contributed by atoms with Crippen LogP contribution in [0.1, 0.15) is 15.9 Å². The number of halogens is 1. The molecule has 2 aromatic heterocycles. The summed E-state index contributed by atoms with van der Waals surface area (Å²) in [5.41, 5.74) is 2.87. The van der Waals surface area contributed by atoms with E-state index in [1.165, 1.54) is 0 Å². The molecule has 0 unspecified atom stereocenters. The highest BCUT2D eigenvalue weighted by atomic mass is 35.5. The van der Waals surface area contributed by atoms with Crippen LogP contribution in [0.4, 0.5) is 0 Å². The van der Waals surface area contributed by atoms with Gasteiger partial charge in [0.1, 0.15) is 5.69 Å². The molecule has 0 amide bonds. The first kappa shape index (κ1) is 12.7. The lowest BCUT2D eigenvalue weighted by molar-refractivity contribution is 0.112. The van der Waals surface area contributed by atoms with Gasteiger partial charge in [-0.1, -0.05) is 29.8 Å². The third-order valence-electron chi connectivity index (χ3n) is 3.00. The molecular formula is C15H11ClN2O2. The number of carbonyl (C=O) groups excluding carboxylic acids is 1. The fraction of sp³-hybridized carbons (Fsp3) is 0.0667. The number of carbonyl (C=O) groups is 1. The Bertz CT molecular complexity index is 732. The van der Waals surface area contributed by atoms with Gasteiger partial charge in [0.05, 0.1) is 24.6 Å². The molecule has 0 fully saturated rings. The van der Waals surface area contributed by atoms with Crippen LogP contribution in [0.2, 0.25) is 5.02 Å². The third kappa shape index (κ3) is 2.38. The van der Waals surface area contributed by atoms with Crippen molar-refractivity contribution in [1.82, 2.24) is 9.78 Å². The molecule has 0 saturated heterocycles. The highest BCUT2D eigenvalue weighted by Gasteiger charge is 2.12. The number of furan rings is 1. The highest BCUT2D eigenvalue weighted by Crippen LogP contribution is 2.22. The van der Waals surface area contributed by atoms with Crippen molar-refractivity contribution in [3.8, 4) is 11.3 Å². The largest absolute Gasteiger partial charge is 0.472 e. The first-order valence-electron chi connectivity index (χ1n) is 6.06. The van der Waals surface area contributed by atoms with Crippen molar-refractivity contribution in [2.24, 2.45) is 0 Å². The molecule has 0 aliphatic carbocycles. The van der Waals surface area contributed by atoms with E-state index in [1.54, 1.807) is 29.5 Å². The van der Waals surface area contributed by atoms with Crippen LogP contribution in [0.3, 0.4) is 0 Å². The van der Waals surface area contributed by atoms with Crippen LogP contribution in [-0.2, 0) is 6.54 Å². The first-order chi connectivity index (χ1) is 9.78. The van der Waals surface area contributed by atoms with Crippen molar-refractivity contribution in [2.75, 3.05) is 0 Å². The quantitative estimate of drug-likeness (QED) is 0.688. The minimum atomic E-state index is 0.512. The predicted octanol–water partition coefficient (Wildman–Crippen LogP) is 3.66. The molecule has 4 nitrogen and oxygen atoms in total. The Morgan fingerprint density at radius 1 is 1.30 bits per heavy atom. The van der Waals surface area contributed by atoms with Gasteiger partial charge in [-0.2, -0.15) is 5.10 Å². The van der Waals surface area contributed by atoms with Crippen LogP contribution in [0.15, 0.2) is 53.5 Å². The van der Waals surface area contributed by atoms with Crippen molar-refractivity contribution in [1.29, 1.82) is 0 Å². The van der Waals surface area contributed by atoms with Crippen molar-refractivity contribution in [3.05, 3.63) is 65.2 Å². The number of hydrogen-bond acceptors (Lipinski definition) is 3. The molecule has 0 atom stereocenters. The van der Waals surface area contributed by atoms with E-state index in [0.29, 0.717) is 22.8 Å². The fourth-order valence-corrected chi connectivity index (χ4v) is 2.22. The second-order valence-electron chi connectivity index (χ2n) is 4.35. The number of aldehydes is 1. The molecule has 3 rings (SSSR count). The highest BCUT2D eigenvalue weighted by molar-refractivity contribution is 6.31. The molecule has 20 heavy (non-hydrogen) atoms. The minimum absolute atomic E-state index is 0.512. The monoisotopic (exact) mass is 286 g/mol. The van der Waals surface area contributed by atoms with Crippen LogP contribution in [0.25, 0.3) is 11.3 Å². The first-order valence-corrected chi connectivity index (χ1v) is 6.44. The molecular weight excluding hydrogens is 276 g/mol. The molecule has 100 valence electrons.